The SMILES string of the molecule is CC(=O)Nc1ccc(NC(=O)C2CCCN(C(=O)c3cc(-c4ccncc4)n[nH]3)C2)cc1. The quantitative estimate of drug-likeness (QED) is 0.573. The van der Waals surface area contributed by atoms with Gasteiger partial charge in [-0.3, -0.25) is 24.5 Å². The Morgan fingerprint density at radius 1 is 1.03 bits per heavy atom. The zero-order valence-corrected chi connectivity index (χ0v) is 17.7. The third-order valence-corrected chi connectivity index (χ3v) is 5.34. The van der Waals surface area contributed by atoms with Gasteiger partial charge in [0.2, 0.25) is 11.8 Å². The van der Waals surface area contributed by atoms with E-state index in [-0.39, 0.29) is 23.6 Å². The van der Waals surface area contributed by atoms with Crippen LogP contribution in [0.15, 0.2) is 54.9 Å². The number of nitrogens with one attached hydrogen (secondary N) is 3. The summed E-state index contributed by atoms with van der Waals surface area (Å²) in [7, 11) is 0. The average Bonchev–Trinajstić information content (AvgIpc) is 3.30. The van der Waals surface area contributed by atoms with Crippen molar-refractivity contribution in [2.24, 2.45) is 5.92 Å². The maximum Gasteiger partial charge on any atom is 0.271 e. The molecule has 1 saturated heterocycles. The Kier molecular flexibility index (Phi) is 6.25. The lowest BCUT2D eigenvalue weighted by Gasteiger charge is -2.31. The summed E-state index contributed by atoms with van der Waals surface area (Å²) in [4.78, 5) is 42.6. The van der Waals surface area contributed by atoms with E-state index < -0.39 is 0 Å². The molecule has 1 aliphatic heterocycles. The van der Waals surface area contributed by atoms with E-state index in [0.717, 1.165) is 12.0 Å². The summed E-state index contributed by atoms with van der Waals surface area (Å²) in [6, 6.07) is 12.3. The lowest BCUT2D eigenvalue weighted by atomic mass is 9.96. The van der Waals surface area contributed by atoms with Gasteiger partial charge in [-0.05, 0) is 55.3 Å². The lowest BCUT2D eigenvalue weighted by Crippen LogP contribution is -2.43. The molecule has 0 radical (unpaired) electrons. The van der Waals surface area contributed by atoms with E-state index in [4.69, 9.17) is 0 Å². The molecule has 32 heavy (non-hydrogen) atoms. The normalized spacial score (nSPS) is 15.8. The van der Waals surface area contributed by atoms with E-state index in [2.05, 4.69) is 25.8 Å². The molecular formula is C23H24N6O3. The average molecular weight is 432 g/mol. The predicted octanol–water partition coefficient (Wildman–Crippen LogP) is 2.92. The second-order valence-corrected chi connectivity index (χ2v) is 7.74. The van der Waals surface area contributed by atoms with E-state index in [1.165, 1.54) is 6.92 Å². The van der Waals surface area contributed by atoms with E-state index in [9.17, 15) is 14.4 Å². The van der Waals surface area contributed by atoms with Crippen LogP contribution in [-0.2, 0) is 9.59 Å². The fraction of sp³-hybridized carbons (Fsp3) is 0.261. The van der Waals surface area contributed by atoms with Crippen LogP contribution in [0.3, 0.4) is 0 Å². The van der Waals surface area contributed by atoms with Crippen LogP contribution in [0.1, 0.15) is 30.3 Å². The van der Waals surface area contributed by atoms with Gasteiger partial charge in [0.1, 0.15) is 5.69 Å². The van der Waals surface area contributed by atoms with Gasteiger partial charge in [-0.25, -0.2) is 0 Å². The number of pyridine rings is 1. The molecule has 1 unspecified atom stereocenters. The number of anilines is 2. The zero-order chi connectivity index (χ0) is 22.5. The first-order chi connectivity index (χ1) is 15.5. The number of nitrogens with zero attached hydrogens (tertiary/aromatic N) is 3. The van der Waals surface area contributed by atoms with Crippen molar-refractivity contribution in [1.82, 2.24) is 20.1 Å². The van der Waals surface area contributed by atoms with Crippen molar-refractivity contribution in [3.05, 3.63) is 60.6 Å². The molecule has 3 heterocycles. The number of carbonyl (C=O) groups is 3. The Morgan fingerprint density at radius 3 is 2.41 bits per heavy atom. The molecule has 3 N–H and O–H groups in total. The molecular weight excluding hydrogens is 408 g/mol. The number of aromatic nitrogens is 3. The molecule has 2 aromatic heterocycles. The molecule has 0 saturated carbocycles. The minimum Gasteiger partial charge on any atom is -0.337 e. The van der Waals surface area contributed by atoms with Crippen LogP contribution in [-0.4, -0.2) is 50.9 Å². The van der Waals surface area contributed by atoms with Gasteiger partial charge in [0.15, 0.2) is 0 Å². The second kappa shape index (κ2) is 9.42. The van der Waals surface area contributed by atoms with Crippen molar-refractivity contribution in [2.75, 3.05) is 23.7 Å². The van der Waals surface area contributed by atoms with Crippen molar-refractivity contribution in [3.8, 4) is 11.3 Å². The first-order valence-corrected chi connectivity index (χ1v) is 10.4. The monoisotopic (exact) mass is 432 g/mol. The number of aromatic amines is 1. The number of benzene rings is 1. The third kappa shape index (κ3) is 5.00. The van der Waals surface area contributed by atoms with Gasteiger partial charge < -0.3 is 15.5 Å². The number of hydrogen-bond donors (Lipinski definition) is 3. The van der Waals surface area contributed by atoms with Gasteiger partial charge in [0, 0.05) is 49.3 Å². The minimum atomic E-state index is -0.301. The molecule has 1 aliphatic rings. The highest BCUT2D eigenvalue weighted by Crippen LogP contribution is 2.22. The molecule has 0 bridgehead atoms. The Bertz CT molecular complexity index is 1110. The number of hydrogen-bond acceptors (Lipinski definition) is 5. The van der Waals surface area contributed by atoms with Crippen LogP contribution in [0.4, 0.5) is 11.4 Å². The first-order valence-electron chi connectivity index (χ1n) is 10.4. The van der Waals surface area contributed by atoms with E-state index in [1.54, 1.807) is 47.6 Å². The highest BCUT2D eigenvalue weighted by molar-refractivity contribution is 5.96. The van der Waals surface area contributed by atoms with Crippen molar-refractivity contribution in [2.45, 2.75) is 19.8 Å². The summed E-state index contributed by atoms with van der Waals surface area (Å²) in [5, 5.41) is 12.6. The van der Waals surface area contributed by atoms with Crippen LogP contribution in [0.25, 0.3) is 11.3 Å². The standard InChI is InChI=1S/C23H24N6O3/c1-15(30)25-18-4-6-19(7-5-18)26-22(31)17-3-2-12-29(14-17)23(32)21-13-20(27-28-21)16-8-10-24-11-9-16/h4-11,13,17H,2-3,12,14H2,1H3,(H,25,30)(H,26,31)(H,27,28). The predicted molar refractivity (Wildman–Crippen MR) is 120 cm³/mol. The Morgan fingerprint density at radius 2 is 1.72 bits per heavy atom. The molecule has 3 amide bonds. The zero-order valence-electron chi connectivity index (χ0n) is 17.7. The largest absolute Gasteiger partial charge is 0.337 e. The van der Waals surface area contributed by atoms with Gasteiger partial charge in [-0.1, -0.05) is 0 Å². The molecule has 3 aromatic rings. The maximum absolute atomic E-state index is 13.0. The van der Waals surface area contributed by atoms with Crippen LogP contribution in [0.5, 0.6) is 0 Å². The molecule has 1 atom stereocenters. The molecule has 9 heteroatoms. The van der Waals surface area contributed by atoms with Gasteiger partial charge >= 0.3 is 0 Å². The number of piperidine rings is 1. The second-order valence-electron chi connectivity index (χ2n) is 7.74. The fourth-order valence-electron chi connectivity index (χ4n) is 3.73. The molecule has 1 aromatic carbocycles. The van der Waals surface area contributed by atoms with Crippen LogP contribution in [0.2, 0.25) is 0 Å². The Labute approximate surface area is 185 Å². The number of likely N-dealkylation sites (tertiary alicyclic amines) is 1. The van der Waals surface area contributed by atoms with E-state index in [0.29, 0.717) is 42.3 Å². The molecule has 4 rings (SSSR count). The number of rotatable bonds is 5. The summed E-state index contributed by atoms with van der Waals surface area (Å²) in [5.74, 6) is -0.754. The van der Waals surface area contributed by atoms with Crippen molar-refractivity contribution in [3.63, 3.8) is 0 Å². The number of carbonyl (C=O) groups excluding carboxylic acids is 3. The topological polar surface area (TPSA) is 120 Å². The van der Waals surface area contributed by atoms with Gasteiger partial charge in [0.25, 0.3) is 5.91 Å². The number of amides is 3. The lowest BCUT2D eigenvalue weighted by molar-refractivity contribution is -0.121. The third-order valence-electron chi connectivity index (χ3n) is 5.34. The molecule has 0 aliphatic carbocycles. The summed E-state index contributed by atoms with van der Waals surface area (Å²) >= 11 is 0. The van der Waals surface area contributed by atoms with Crippen molar-refractivity contribution >= 4 is 29.1 Å². The molecule has 1 fully saturated rings. The maximum atomic E-state index is 13.0. The van der Waals surface area contributed by atoms with Gasteiger partial charge in [0.05, 0.1) is 11.6 Å². The fourth-order valence-corrected chi connectivity index (χ4v) is 3.73. The molecule has 164 valence electrons. The minimum absolute atomic E-state index is 0.128. The Balaban J connectivity index is 1.37. The van der Waals surface area contributed by atoms with Crippen LogP contribution < -0.4 is 10.6 Å². The van der Waals surface area contributed by atoms with E-state index in [1.807, 2.05) is 12.1 Å². The van der Waals surface area contributed by atoms with Crippen LogP contribution in [0, 0.1) is 5.92 Å². The van der Waals surface area contributed by atoms with Crippen molar-refractivity contribution < 1.29 is 14.4 Å². The summed E-state index contributed by atoms with van der Waals surface area (Å²) < 4.78 is 0. The first kappa shape index (κ1) is 21.2. The van der Waals surface area contributed by atoms with Gasteiger partial charge in [-0.2, -0.15) is 5.10 Å². The summed E-state index contributed by atoms with van der Waals surface area (Å²) in [6.07, 6.45) is 4.81. The number of H-pyrrole nitrogens is 1. The molecule has 9 nitrogen and oxygen atoms in total. The van der Waals surface area contributed by atoms with E-state index >= 15 is 0 Å². The Hall–Kier alpha value is -4.01. The van der Waals surface area contributed by atoms with Gasteiger partial charge in [-0.15, -0.1) is 0 Å². The highest BCUT2D eigenvalue weighted by Gasteiger charge is 2.29. The summed E-state index contributed by atoms with van der Waals surface area (Å²) in [6.45, 7) is 2.38. The summed E-state index contributed by atoms with van der Waals surface area (Å²) in [5.41, 5.74) is 3.24. The van der Waals surface area contributed by atoms with Crippen LogP contribution >= 0.6 is 0 Å². The molecule has 0 spiro atoms. The highest BCUT2D eigenvalue weighted by atomic mass is 16.2. The smallest absolute Gasteiger partial charge is 0.271 e. The van der Waals surface area contributed by atoms with Crippen molar-refractivity contribution in [1.29, 1.82) is 0 Å².